The molecule has 4 heteroatoms. The Bertz CT molecular complexity index is 698. The van der Waals surface area contributed by atoms with Gasteiger partial charge in [0.05, 0.1) is 11.7 Å². The van der Waals surface area contributed by atoms with E-state index < -0.39 is 0 Å². The van der Waals surface area contributed by atoms with Gasteiger partial charge in [-0.05, 0) is 56.9 Å². The Morgan fingerprint density at radius 2 is 1.92 bits per heavy atom. The number of nitrogens with zero attached hydrogens (tertiary/aromatic N) is 3. The number of benzene rings is 1. The van der Waals surface area contributed by atoms with Crippen LogP contribution in [0.25, 0.3) is 10.9 Å². The average molecular weight is 356 g/mol. The molecule has 0 radical (unpaired) electrons. The Balaban J connectivity index is 1.33. The van der Waals surface area contributed by atoms with E-state index in [0.29, 0.717) is 5.92 Å². The fraction of sp³-hybridized carbons (Fsp3) is 0.682. The molecule has 4 atom stereocenters. The standard InChI is InChI=1S/C22H33N3O/c1-3-26-11-10-18-12-20-8-9-21(13-18)24(20)15-17(2)16-25-22-7-5-4-6-19(22)14-23-25/h4-7,14,17-18,20-21H,3,8-13,15-16H2,1-2H3/t17-,18-,20-,21+/m1/s1. The molecule has 2 aliphatic rings. The van der Waals surface area contributed by atoms with Gasteiger partial charge in [-0.15, -0.1) is 0 Å². The van der Waals surface area contributed by atoms with E-state index in [1.165, 1.54) is 49.6 Å². The van der Waals surface area contributed by atoms with Gasteiger partial charge in [-0.2, -0.15) is 5.10 Å². The van der Waals surface area contributed by atoms with Crippen molar-refractivity contribution in [3.63, 3.8) is 0 Å². The molecule has 26 heavy (non-hydrogen) atoms. The second-order valence-electron chi connectivity index (χ2n) is 8.40. The van der Waals surface area contributed by atoms with Crippen molar-refractivity contribution in [2.45, 2.75) is 64.6 Å². The lowest BCUT2D eigenvalue weighted by Gasteiger charge is -2.40. The number of hydrogen-bond acceptors (Lipinski definition) is 3. The predicted molar refractivity (Wildman–Crippen MR) is 106 cm³/mol. The van der Waals surface area contributed by atoms with Gasteiger partial charge in [-0.25, -0.2) is 0 Å². The van der Waals surface area contributed by atoms with E-state index in [1.807, 2.05) is 6.20 Å². The lowest BCUT2D eigenvalue weighted by molar-refractivity contribution is 0.0635. The summed E-state index contributed by atoms with van der Waals surface area (Å²) in [4.78, 5) is 2.83. The van der Waals surface area contributed by atoms with Crippen LogP contribution in [-0.4, -0.2) is 46.5 Å². The van der Waals surface area contributed by atoms with Gasteiger partial charge in [-0.3, -0.25) is 9.58 Å². The Kier molecular flexibility index (Phi) is 5.60. The Labute approximate surface area is 157 Å². The summed E-state index contributed by atoms with van der Waals surface area (Å²) >= 11 is 0. The van der Waals surface area contributed by atoms with Crippen LogP contribution >= 0.6 is 0 Å². The summed E-state index contributed by atoms with van der Waals surface area (Å²) in [5.41, 5.74) is 1.26. The fourth-order valence-electron chi connectivity index (χ4n) is 5.20. The molecule has 2 saturated heterocycles. The van der Waals surface area contributed by atoms with Crippen molar-refractivity contribution in [3.05, 3.63) is 30.5 Å². The molecule has 4 rings (SSSR count). The first-order chi connectivity index (χ1) is 12.7. The maximum absolute atomic E-state index is 5.59. The molecule has 0 spiro atoms. The van der Waals surface area contributed by atoms with Crippen LogP contribution in [0.2, 0.25) is 0 Å². The van der Waals surface area contributed by atoms with Crippen molar-refractivity contribution in [3.8, 4) is 0 Å². The molecule has 0 aliphatic carbocycles. The molecule has 0 saturated carbocycles. The summed E-state index contributed by atoms with van der Waals surface area (Å²) < 4.78 is 7.78. The van der Waals surface area contributed by atoms with Gasteiger partial charge >= 0.3 is 0 Å². The van der Waals surface area contributed by atoms with Crippen LogP contribution in [0.3, 0.4) is 0 Å². The van der Waals surface area contributed by atoms with Gasteiger partial charge in [0, 0.05) is 43.8 Å². The van der Waals surface area contributed by atoms with E-state index >= 15 is 0 Å². The van der Waals surface area contributed by atoms with E-state index in [1.54, 1.807) is 0 Å². The van der Waals surface area contributed by atoms with Crippen LogP contribution in [-0.2, 0) is 11.3 Å². The van der Waals surface area contributed by atoms with Crippen LogP contribution in [0.15, 0.2) is 30.5 Å². The predicted octanol–water partition coefficient (Wildman–Crippen LogP) is 4.34. The Morgan fingerprint density at radius 3 is 2.69 bits per heavy atom. The highest BCUT2D eigenvalue weighted by molar-refractivity contribution is 5.78. The summed E-state index contributed by atoms with van der Waals surface area (Å²) in [7, 11) is 0. The normalized spacial score (nSPS) is 27.2. The van der Waals surface area contributed by atoms with Crippen LogP contribution in [0.1, 0.15) is 46.0 Å². The van der Waals surface area contributed by atoms with E-state index in [0.717, 1.165) is 37.8 Å². The summed E-state index contributed by atoms with van der Waals surface area (Å²) in [6, 6.07) is 10.1. The molecular formula is C22H33N3O. The highest BCUT2D eigenvalue weighted by atomic mass is 16.5. The highest BCUT2D eigenvalue weighted by Crippen LogP contribution is 2.40. The molecule has 0 unspecified atom stereocenters. The maximum Gasteiger partial charge on any atom is 0.0682 e. The Morgan fingerprint density at radius 1 is 1.15 bits per heavy atom. The van der Waals surface area contributed by atoms with Crippen molar-refractivity contribution in [2.24, 2.45) is 11.8 Å². The monoisotopic (exact) mass is 355 g/mol. The van der Waals surface area contributed by atoms with Gasteiger partial charge < -0.3 is 4.74 Å². The second-order valence-corrected chi connectivity index (χ2v) is 8.40. The topological polar surface area (TPSA) is 30.3 Å². The van der Waals surface area contributed by atoms with Gasteiger partial charge in [-0.1, -0.05) is 25.1 Å². The van der Waals surface area contributed by atoms with E-state index in [2.05, 4.69) is 52.8 Å². The van der Waals surface area contributed by atoms with E-state index in [-0.39, 0.29) is 0 Å². The molecule has 1 aromatic heterocycles. The van der Waals surface area contributed by atoms with Crippen molar-refractivity contribution in [1.82, 2.24) is 14.7 Å². The van der Waals surface area contributed by atoms with Crippen molar-refractivity contribution in [1.29, 1.82) is 0 Å². The molecule has 2 fully saturated rings. The van der Waals surface area contributed by atoms with Crippen molar-refractivity contribution < 1.29 is 4.74 Å². The van der Waals surface area contributed by atoms with E-state index in [9.17, 15) is 0 Å². The lowest BCUT2D eigenvalue weighted by atomic mass is 9.88. The molecule has 2 aromatic rings. The highest BCUT2D eigenvalue weighted by Gasteiger charge is 2.40. The second kappa shape index (κ2) is 8.10. The zero-order valence-electron chi connectivity index (χ0n) is 16.3. The number of para-hydroxylation sites is 1. The minimum atomic E-state index is 0.626. The summed E-state index contributed by atoms with van der Waals surface area (Å²) in [6.45, 7) is 8.50. The molecule has 0 N–H and O–H groups in total. The van der Waals surface area contributed by atoms with Crippen LogP contribution in [0, 0.1) is 11.8 Å². The fourth-order valence-corrected chi connectivity index (χ4v) is 5.20. The third-order valence-electron chi connectivity index (χ3n) is 6.41. The molecule has 4 nitrogen and oxygen atoms in total. The SMILES string of the molecule is CCOCC[C@@H]1C[C@H]2CC[C@@H](C1)N2C[C@@H](C)Cn1ncc2ccccc21. The quantitative estimate of drug-likeness (QED) is 0.660. The van der Waals surface area contributed by atoms with Crippen LogP contribution < -0.4 is 0 Å². The number of piperidine rings is 1. The minimum absolute atomic E-state index is 0.626. The number of aromatic nitrogens is 2. The zero-order chi connectivity index (χ0) is 17.9. The molecule has 3 heterocycles. The molecule has 0 amide bonds. The third kappa shape index (κ3) is 3.81. The lowest BCUT2D eigenvalue weighted by Crippen LogP contribution is -2.45. The first-order valence-corrected chi connectivity index (χ1v) is 10.5. The first kappa shape index (κ1) is 18.0. The van der Waals surface area contributed by atoms with E-state index in [4.69, 9.17) is 4.74 Å². The molecule has 142 valence electrons. The van der Waals surface area contributed by atoms with Crippen LogP contribution in [0.4, 0.5) is 0 Å². The number of fused-ring (bicyclic) bond motifs is 3. The van der Waals surface area contributed by atoms with Crippen molar-refractivity contribution in [2.75, 3.05) is 19.8 Å². The molecule has 2 aliphatic heterocycles. The van der Waals surface area contributed by atoms with Crippen molar-refractivity contribution >= 4 is 10.9 Å². The molecule has 2 bridgehead atoms. The zero-order valence-corrected chi connectivity index (χ0v) is 16.3. The minimum Gasteiger partial charge on any atom is -0.382 e. The number of hydrogen-bond donors (Lipinski definition) is 0. The third-order valence-corrected chi connectivity index (χ3v) is 6.41. The first-order valence-electron chi connectivity index (χ1n) is 10.5. The average Bonchev–Trinajstić information content (AvgIpc) is 3.13. The summed E-state index contributed by atoms with van der Waals surface area (Å²) in [5, 5.41) is 5.87. The van der Waals surface area contributed by atoms with Crippen LogP contribution in [0.5, 0.6) is 0 Å². The summed E-state index contributed by atoms with van der Waals surface area (Å²) in [6.07, 6.45) is 8.79. The van der Waals surface area contributed by atoms with Gasteiger partial charge in [0.2, 0.25) is 0 Å². The number of ether oxygens (including phenoxy) is 1. The molecular weight excluding hydrogens is 322 g/mol. The summed E-state index contributed by atoms with van der Waals surface area (Å²) in [5.74, 6) is 1.50. The maximum atomic E-state index is 5.59. The Hall–Kier alpha value is -1.39. The van der Waals surface area contributed by atoms with Gasteiger partial charge in [0.1, 0.15) is 0 Å². The largest absolute Gasteiger partial charge is 0.382 e. The molecule has 1 aromatic carbocycles. The number of rotatable bonds is 8. The smallest absolute Gasteiger partial charge is 0.0682 e. The van der Waals surface area contributed by atoms with Gasteiger partial charge in [0.15, 0.2) is 0 Å². The van der Waals surface area contributed by atoms with Gasteiger partial charge in [0.25, 0.3) is 0 Å².